The van der Waals surface area contributed by atoms with Gasteiger partial charge in [-0.1, -0.05) is 0 Å². The fraction of sp³-hybridized carbons (Fsp3) is 0.500. The maximum atomic E-state index is 12.7. The number of nitrogens with zero attached hydrogens (tertiary/aromatic N) is 4. The smallest absolute Gasteiger partial charge is 0.383 e. The van der Waals surface area contributed by atoms with E-state index < -0.39 is 11.9 Å². The third kappa shape index (κ3) is 3.08. The van der Waals surface area contributed by atoms with Crippen LogP contribution in [-0.2, 0) is 26.2 Å². The van der Waals surface area contributed by atoms with Crippen molar-refractivity contribution in [3.05, 3.63) is 29.5 Å². The minimum atomic E-state index is -4.44. The van der Waals surface area contributed by atoms with Gasteiger partial charge >= 0.3 is 6.18 Å². The Hall–Kier alpha value is -2.52. The molecule has 0 saturated heterocycles. The molecular formula is C14H17F3N6O. The molecule has 3 heterocycles. The van der Waals surface area contributed by atoms with Crippen molar-refractivity contribution in [2.24, 2.45) is 13.0 Å². The Morgan fingerprint density at radius 1 is 1.50 bits per heavy atom. The van der Waals surface area contributed by atoms with Gasteiger partial charge in [0.25, 0.3) is 5.91 Å². The van der Waals surface area contributed by atoms with E-state index in [1.165, 1.54) is 15.4 Å². The number of rotatable bonds is 3. The highest BCUT2D eigenvalue weighted by atomic mass is 19.4. The van der Waals surface area contributed by atoms with Crippen LogP contribution >= 0.6 is 0 Å². The Morgan fingerprint density at radius 3 is 2.88 bits per heavy atom. The van der Waals surface area contributed by atoms with Crippen LogP contribution in [0.5, 0.6) is 0 Å². The lowest BCUT2D eigenvalue weighted by Gasteiger charge is -2.23. The van der Waals surface area contributed by atoms with Gasteiger partial charge in [-0.05, 0) is 12.3 Å². The normalized spacial score (nSPS) is 17.6. The van der Waals surface area contributed by atoms with E-state index in [1.54, 1.807) is 7.05 Å². The molecule has 24 heavy (non-hydrogen) atoms. The molecule has 1 aliphatic heterocycles. The fourth-order valence-corrected chi connectivity index (χ4v) is 2.77. The SMILES string of the molecule is Cn1ncc(C(=O)NC[C@H]2CCc3nc(C(F)(F)F)cn3C2)c1N. The molecule has 2 aromatic rings. The topological polar surface area (TPSA) is 90.8 Å². The van der Waals surface area contributed by atoms with Crippen LogP contribution < -0.4 is 11.1 Å². The van der Waals surface area contributed by atoms with E-state index in [0.29, 0.717) is 31.8 Å². The summed E-state index contributed by atoms with van der Waals surface area (Å²) in [5.41, 5.74) is 5.16. The first kappa shape index (κ1) is 16.3. The molecule has 0 aliphatic carbocycles. The summed E-state index contributed by atoms with van der Waals surface area (Å²) >= 11 is 0. The van der Waals surface area contributed by atoms with Crippen LogP contribution in [-0.4, -0.2) is 31.8 Å². The standard InChI is InChI=1S/C14H17F3N6O/c1-22-12(18)9(5-20-22)13(24)19-4-8-2-3-11-21-10(14(15,16)17)7-23(11)6-8/h5,7-8H,2-4,6,18H2,1H3,(H,19,24)/t8-/m1/s1. The molecule has 7 nitrogen and oxygen atoms in total. The predicted molar refractivity (Wildman–Crippen MR) is 79.0 cm³/mol. The van der Waals surface area contributed by atoms with Gasteiger partial charge in [0.2, 0.25) is 0 Å². The molecule has 3 N–H and O–H groups in total. The lowest BCUT2D eigenvalue weighted by Crippen LogP contribution is -2.33. The number of hydrogen-bond donors (Lipinski definition) is 2. The van der Waals surface area contributed by atoms with Gasteiger partial charge in [-0.2, -0.15) is 18.3 Å². The summed E-state index contributed by atoms with van der Waals surface area (Å²) in [5.74, 6) is 0.395. The van der Waals surface area contributed by atoms with Gasteiger partial charge < -0.3 is 15.6 Å². The molecule has 3 rings (SSSR count). The van der Waals surface area contributed by atoms with Crippen LogP contribution in [0.1, 0.15) is 28.3 Å². The van der Waals surface area contributed by atoms with Crippen LogP contribution in [0.4, 0.5) is 19.0 Å². The van der Waals surface area contributed by atoms with Crippen molar-refractivity contribution < 1.29 is 18.0 Å². The zero-order chi connectivity index (χ0) is 17.5. The van der Waals surface area contributed by atoms with Gasteiger partial charge in [-0.3, -0.25) is 9.48 Å². The van der Waals surface area contributed by atoms with E-state index in [2.05, 4.69) is 15.4 Å². The largest absolute Gasteiger partial charge is 0.434 e. The Bertz CT molecular complexity index is 763. The maximum absolute atomic E-state index is 12.7. The second kappa shape index (κ2) is 5.84. The van der Waals surface area contributed by atoms with Crippen molar-refractivity contribution in [3.8, 4) is 0 Å². The number of alkyl halides is 3. The quantitative estimate of drug-likeness (QED) is 0.877. The van der Waals surface area contributed by atoms with Gasteiger partial charge in [0.15, 0.2) is 5.69 Å². The first-order valence-electron chi connectivity index (χ1n) is 7.44. The van der Waals surface area contributed by atoms with E-state index in [-0.39, 0.29) is 23.2 Å². The third-order valence-electron chi connectivity index (χ3n) is 4.16. The van der Waals surface area contributed by atoms with Crippen LogP contribution in [0.25, 0.3) is 0 Å². The highest BCUT2D eigenvalue weighted by Gasteiger charge is 2.35. The number of nitrogen functional groups attached to an aromatic ring is 1. The number of anilines is 1. The molecule has 0 unspecified atom stereocenters. The first-order chi connectivity index (χ1) is 11.3. The number of halogens is 3. The van der Waals surface area contributed by atoms with Crippen molar-refractivity contribution in [2.45, 2.75) is 25.6 Å². The number of amides is 1. The lowest BCUT2D eigenvalue weighted by molar-refractivity contribution is -0.141. The number of imidazole rings is 1. The van der Waals surface area contributed by atoms with Gasteiger partial charge in [0.05, 0.1) is 6.20 Å². The number of aryl methyl sites for hydroxylation is 2. The summed E-state index contributed by atoms with van der Waals surface area (Å²) in [5, 5.41) is 6.66. The van der Waals surface area contributed by atoms with Crippen molar-refractivity contribution >= 4 is 11.7 Å². The molecule has 10 heteroatoms. The van der Waals surface area contributed by atoms with E-state index in [4.69, 9.17) is 5.73 Å². The molecule has 0 fully saturated rings. The van der Waals surface area contributed by atoms with Crippen molar-refractivity contribution in [1.29, 1.82) is 0 Å². The van der Waals surface area contributed by atoms with Gasteiger partial charge in [-0.15, -0.1) is 0 Å². The number of hydrogen-bond acceptors (Lipinski definition) is 4. The van der Waals surface area contributed by atoms with Gasteiger partial charge in [-0.25, -0.2) is 4.98 Å². The Balaban J connectivity index is 1.61. The predicted octanol–water partition coefficient (Wildman–Crippen LogP) is 1.21. The maximum Gasteiger partial charge on any atom is 0.434 e. The summed E-state index contributed by atoms with van der Waals surface area (Å²) in [6, 6.07) is 0. The van der Waals surface area contributed by atoms with Crippen molar-refractivity contribution in [1.82, 2.24) is 24.6 Å². The molecule has 1 amide bonds. The second-order valence-corrected chi connectivity index (χ2v) is 5.87. The fourth-order valence-electron chi connectivity index (χ4n) is 2.77. The van der Waals surface area contributed by atoms with Gasteiger partial charge in [0, 0.05) is 32.8 Å². The molecule has 0 saturated carbocycles. The third-order valence-corrected chi connectivity index (χ3v) is 4.16. The number of nitrogens with two attached hydrogens (primary N) is 1. The summed E-state index contributed by atoms with van der Waals surface area (Å²) in [6.07, 6.45) is -0.911. The minimum absolute atomic E-state index is 0.0367. The van der Waals surface area contributed by atoms with Crippen LogP contribution in [0.2, 0.25) is 0 Å². The number of aromatic nitrogens is 4. The van der Waals surface area contributed by atoms with Gasteiger partial charge in [0.1, 0.15) is 17.2 Å². The number of fused-ring (bicyclic) bond motifs is 1. The molecule has 2 aromatic heterocycles. The molecule has 1 atom stereocenters. The zero-order valence-electron chi connectivity index (χ0n) is 13.0. The molecule has 0 radical (unpaired) electrons. The first-order valence-corrected chi connectivity index (χ1v) is 7.44. The van der Waals surface area contributed by atoms with Crippen molar-refractivity contribution in [2.75, 3.05) is 12.3 Å². The lowest BCUT2D eigenvalue weighted by atomic mass is 9.99. The van der Waals surface area contributed by atoms with E-state index in [1.807, 2.05) is 0 Å². The van der Waals surface area contributed by atoms with Crippen LogP contribution in [0, 0.1) is 5.92 Å². The van der Waals surface area contributed by atoms with E-state index in [9.17, 15) is 18.0 Å². The summed E-state index contributed by atoms with van der Waals surface area (Å²) < 4.78 is 41.0. The summed E-state index contributed by atoms with van der Waals surface area (Å²) in [4.78, 5) is 15.7. The summed E-state index contributed by atoms with van der Waals surface area (Å²) in [7, 11) is 1.63. The average molecular weight is 342 g/mol. The molecular weight excluding hydrogens is 325 g/mol. The monoisotopic (exact) mass is 342 g/mol. The number of nitrogens with one attached hydrogen (secondary N) is 1. The molecule has 0 aromatic carbocycles. The van der Waals surface area contributed by atoms with E-state index in [0.717, 1.165) is 6.20 Å². The van der Waals surface area contributed by atoms with Crippen LogP contribution in [0.15, 0.2) is 12.4 Å². The Kier molecular flexibility index (Phi) is 3.98. The minimum Gasteiger partial charge on any atom is -0.383 e. The second-order valence-electron chi connectivity index (χ2n) is 5.87. The van der Waals surface area contributed by atoms with E-state index >= 15 is 0 Å². The molecule has 0 bridgehead atoms. The zero-order valence-corrected chi connectivity index (χ0v) is 13.0. The molecule has 130 valence electrons. The number of carbonyl (C=O) groups excluding carboxylic acids is 1. The summed E-state index contributed by atoms with van der Waals surface area (Å²) in [6.45, 7) is 0.743. The Morgan fingerprint density at radius 2 is 2.25 bits per heavy atom. The van der Waals surface area contributed by atoms with Crippen molar-refractivity contribution in [3.63, 3.8) is 0 Å². The molecule has 0 spiro atoms. The highest BCUT2D eigenvalue weighted by molar-refractivity contribution is 5.98. The number of carbonyl (C=O) groups is 1. The highest BCUT2D eigenvalue weighted by Crippen LogP contribution is 2.30. The van der Waals surface area contributed by atoms with Crippen LogP contribution in [0.3, 0.4) is 0 Å². The Labute approximate surface area is 135 Å². The average Bonchev–Trinajstić information content (AvgIpc) is 3.09. The molecule has 1 aliphatic rings.